The van der Waals surface area contributed by atoms with Crippen molar-refractivity contribution < 1.29 is 9.53 Å². The van der Waals surface area contributed by atoms with Gasteiger partial charge in [-0.2, -0.15) is 0 Å². The molecule has 1 saturated carbocycles. The molecule has 0 aromatic carbocycles. The van der Waals surface area contributed by atoms with Gasteiger partial charge < -0.3 is 9.64 Å². The molecule has 1 amide bonds. The summed E-state index contributed by atoms with van der Waals surface area (Å²) in [6, 6.07) is 5.85. The average Bonchev–Trinajstić information content (AvgIpc) is 2.46. The molecule has 2 unspecified atom stereocenters. The van der Waals surface area contributed by atoms with Gasteiger partial charge in [-0.1, -0.05) is 13.0 Å². The van der Waals surface area contributed by atoms with Gasteiger partial charge in [0, 0.05) is 19.3 Å². The van der Waals surface area contributed by atoms with Crippen LogP contribution in [0.3, 0.4) is 0 Å². The highest BCUT2D eigenvalue weighted by atomic mass is 16.5. The van der Waals surface area contributed by atoms with Gasteiger partial charge in [0.15, 0.2) is 0 Å². The number of amides is 1. The first-order valence-corrected chi connectivity index (χ1v) is 7.36. The van der Waals surface area contributed by atoms with E-state index in [1.165, 1.54) is 0 Å². The lowest BCUT2D eigenvalue weighted by Gasteiger charge is -2.65. The molecule has 2 aliphatic rings. The van der Waals surface area contributed by atoms with Crippen molar-refractivity contribution in [2.45, 2.75) is 50.8 Å². The summed E-state index contributed by atoms with van der Waals surface area (Å²) < 4.78 is 5.58. The Labute approximate surface area is 120 Å². The Balaban J connectivity index is 1.91. The van der Waals surface area contributed by atoms with Gasteiger partial charge in [-0.15, -0.1) is 0 Å². The second-order valence-corrected chi connectivity index (χ2v) is 6.27. The predicted octanol–water partition coefficient (Wildman–Crippen LogP) is 2.50. The van der Waals surface area contributed by atoms with Crippen LogP contribution in [0.2, 0.25) is 0 Å². The van der Waals surface area contributed by atoms with Crippen molar-refractivity contribution in [2.24, 2.45) is 5.92 Å². The van der Waals surface area contributed by atoms with E-state index in [0.717, 1.165) is 19.3 Å². The molecule has 4 heteroatoms. The third-order valence-corrected chi connectivity index (χ3v) is 5.02. The number of hydrogen-bond donors (Lipinski definition) is 0. The smallest absolute Gasteiger partial charge is 0.273 e. The van der Waals surface area contributed by atoms with Crippen LogP contribution in [-0.2, 0) is 4.74 Å². The zero-order valence-electron chi connectivity index (χ0n) is 12.4. The summed E-state index contributed by atoms with van der Waals surface area (Å²) in [7, 11) is 1.73. The minimum Gasteiger partial charge on any atom is -0.379 e. The summed E-state index contributed by atoms with van der Waals surface area (Å²) in [6.45, 7) is 4.35. The fraction of sp³-hybridized carbons (Fsp3) is 0.625. The number of aromatic nitrogens is 1. The summed E-state index contributed by atoms with van der Waals surface area (Å²) in [4.78, 5) is 19.0. The molecule has 0 spiro atoms. The van der Waals surface area contributed by atoms with Gasteiger partial charge >= 0.3 is 0 Å². The number of nitrogens with zero attached hydrogens (tertiary/aromatic N) is 2. The summed E-state index contributed by atoms with van der Waals surface area (Å²) in [5.41, 5.74) is 0.408. The van der Waals surface area contributed by atoms with E-state index in [-0.39, 0.29) is 17.6 Å². The first kappa shape index (κ1) is 13.6. The molecule has 4 atom stereocenters. The molecule has 20 heavy (non-hydrogen) atoms. The highest BCUT2D eigenvalue weighted by molar-refractivity contribution is 5.94. The minimum absolute atomic E-state index is 0.0534. The van der Waals surface area contributed by atoms with Gasteiger partial charge in [-0.05, 0) is 44.2 Å². The van der Waals surface area contributed by atoms with Crippen molar-refractivity contribution in [1.29, 1.82) is 0 Å². The molecule has 108 valence electrons. The number of piperidine rings is 1. The molecule has 0 radical (unpaired) electrons. The zero-order valence-corrected chi connectivity index (χ0v) is 12.4. The molecule has 2 heterocycles. The molecule has 4 nitrogen and oxygen atoms in total. The molecule has 1 aliphatic carbocycles. The van der Waals surface area contributed by atoms with E-state index in [4.69, 9.17) is 4.74 Å². The SMILES string of the molecule is CO[C@H](C)C12CC(C[C@@H](C)C1)N2C(=O)c1ccccn1. The normalized spacial score (nSPS) is 33.5. The fourth-order valence-corrected chi connectivity index (χ4v) is 4.10. The lowest BCUT2D eigenvalue weighted by atomic mass is 9.62. The molecule has 1 aliphatic heterocycles. The second-order valence-electron chi connectivity index (χ2n) is 6.27. The number of ether oxygens (including phenoxy) is 1. The van der Waals surface area contributed by atoms with Crippen LogP contribution in [0, 0.1) is 5.92 Å². The third kappa shape index (κ3) is 1.85. The fourth-order valence-electron chi connectivity index (χ4n) is 4.10. The number of methoxy groups -OCH3 is 1. The number of carbonyl (C=O) groups is 1. The second kappa shape index (κ2) is 4.85. The Bertz CT molecular complexity index is 504. The minimum atomic E-state index is -0.133. The van der Waals surface area contributed by atoms with Gasteiger partial charge in [-0.3, -0.25) is 9.78 Å². The number of likely N-dealkylation sites (tertiary alicyclic amines) is 1. The Kier molecular flexibility index (Phi) is 3.28. The molecule has 1 saturated heterocycles. The molecule has 2 fully saturated rings. The molecular weight excluding hydrogens is 252 g/mol. The first-order valence-electron chi connectivity index (χ1n) is 7.36. The van der Waals surface area contributed by atoms with Crippen LogP contribution in [0.25, 0.3) is 0 Å². The lowest BCUT2D eigenvalue weighted by molar-refractivity contribution is -0.160. The van der Waals surface area contributed by atoms with Crippen LogP contribution in [0.1, 0.15) is 43.6 Å². The predicted molar refractivity (Wildman–Crippen MR) is 76.4 cm³/mol. The van der Waals surface area contributed by atoms with Crippen LogP contribution in [0.15, 0.2) is 24.4 Å². The molecule has 1 aromatic rings. The van der Waals surface area contributed by atoms with E-state index < -0.39 is 0 Å². The van der Waals surface area contributed by atoms with Crippen LogP contribution < -0.4 is 0 Å². The maximum atomic E-state index is 12.8. The van der Waals surface area contributed by atoms with Crippen molar-refractivity contribution in [2.75, 3.05) is 7.11 Å². The number of hydrogen-bond acceptors (Lipinski definition) is 3. The van der Waals surface area contributed by atoms with Crippen LogP contribution in [0.4, 0.5) is 0 Å². The maximum Gasteiger partial charge on any atom is 0.273 e. The van der Waals surface area contributed by atoms with E-state index in [1.54, 1.807) is 19.4 Å². The molecule has 3 rings (SSSR count). The zero-order chi connectivity index (χ0) is 14.3. The highest BCUT2D eigenvalue weighted by Gasteiger charge is 2.61. The van der Waals surface area contributed by atoms with Crippen molar-refractivity contribution >= 4 is 5.91 Å². The molecule has 2 bridgehead atoms. The van der Waals surface area contributed by atoms with Crippen LogP contribution in [-0.4, -0.2) is 40.6 Å². The average molecular weight is 274 g/mol. The van der Waals surface area contributed by atoms with E-state index in [9.17, 15) is 4.79 Å². The van der Waals surface area contributed by atoms with Crippen LogP contribution in [0.5, 0.6) is 0 Å². The van der Waals surface area contributed by atoms with E-state index in [0.29, 0.717) is 17.7 Å². The molecule has 1 aromatic heterocycles. The van der Waals surface area contributed by atoms with Crippen molar-refractivity contribution in [3.8, 4) is 0 Å². The van der Waals surface area contributed by atoms with Gasteiger partial charge in [0.1, 0.15) is 5.69 Å². The van der Waals surface area contributed by atoms with Gasteiger partial charge in [0.05, 0.1) is 11.6 Å². The topological polar surface area (TPSA) is 42.4 Å². The van der Waals surface area contributed by atoms with Gasteiger partial charge in [-0.25, -0.2) is 0 Å². The standard InChI is InChI=1S/C16H22N2O2/c1-11-8-13-10-16(9-11,12(2)20-3)18(13)15(19)14-6-4-5-7-17-14/h4-7,11-13H,8-10H2,1-3H3/t11-,12-,13?,16?/m1/s1. The van der Waals surface area contributed by atoms with Gasteiger partial charge in [0.25, 0.3) is 5.91 Å². The summed E-state index contributed by atoms with van der Waals surface area (Å²) in [6.07, 6.45) is 4.92. The van der Waals surface area contributed by atoms with Crippen LogP contribution >= 0.6 is 0 Å². The maximum absolute atomic E-state index is 12.8. The van der Waals surface area contributed by atoms with E-state index >= 15 is 0 Å². The summed E-state index contributed by atoms with van der Waals surface area (Å²) in [5, 5.41) is 0. The third-order valence-electron chi connectivity index (χ3n) is 5.02. The van der Waals surface area contributed by atoms with Gasteiger partial charge in [0.2, 0.25) is 0 Å². The largest absolute Gasteiger partial charge is 0.379 e. The Morgan fingerprint density at radius 3 is 2.95 bits per heavy atom. The number of fused-ring (bicyclic) bond motifs is 2. The van der Waals surface area contributed by atoms with Crippen molar-refractivity contribution in [3.05, 3.63) is 30.1 Å². The Hall–Kier alpha value is -1.42. The Morgan fingerprint density at radius 2 is 2.30 bits per heavy atom. The molecule has 0 N–H and O–H groups in total. The quantitative estimate of drug-likeness (QED) is 0.850. The summed E-state index contributed by atoms with van der Waals surface area (Å²) in [5.74, 6) is 0.705. The first-order chi connectivity index (χ1) is 9.58. The van der Waals surface area contributed by atoms with Crippen molar-refractivity contribution in [1.82, 2.24) is 9.88 Å². The van der Waals surface area contributed by atoms with Crippen molar-refractivity contribution in [3.63, 3.8) is 0 Å². The Morgan fingerprint density at radius 1 is 1.50 bits per heavy atom. The lowest BCUT2D eigenvalue weighted by Crippen LogP contribution is -2.75. The number of carbonyl (C=O) groups excluding carboxylic acids is 1. The summed E-state index contributed by atoms with van der Waals surface area (Å²) >= 11 is 0. The monoisotopic (exact) mass is 274 g/mol. The number of rotatable bonds is 3. The molecular formula is C16H22N2O2. The number of pyridine rings is 1. The van der Waals surface area contributed by atoms with E-state index in [2.05, 4.69) is 18.8 Å². The van der Waals surface area contributed by atoms with E-state index in [1.807, 2.05) is 17.0 Å². The highest BCUT2D eigenvalue weighted by Crippen LogP contribution is 2.52.